The number of carbonyl (C=O) groups is 2. The minimum atomic E-state index is -1.03. The number of hydrogen-bond acceptors (Lipinski definition) is 4. The molecule has 0 aromatic heterocycles. The zero-order valence-corrected chi connectivity index (χ0v) is 16.7. The molecule has 0 saturated heterocycles. The van der Waals surface area contributed by atoms with Crippen LogP contribution in [0.25, 0.3) is 0 Å². The monoisotopic (exact) mass is 382 g/mol. The SMILES string of the molecule is CCOc1ccccc1C(=O)Nc1cccc2c1C(=O)N([C@H](C)C(C)(C)O)C2. The summed E-state index contributed by atoms with van der Waals surface area (Å²) in [7, 11) is 0. The second-order valence-electron chi connectivity index (χ2n) is 7.49. The lowest BCUT2D eigenvalue weighted by atomic mass is 9.99. The third-order valence-corrected chi connectivity index (χ3v) is 5.14. The number of para-hydroxylation sites is 1. The largest absolute Gasteiger partial charge is 0.493 e. The van der Waals surface area contributed by atoms with Gasteiger partial charge in [0.15, 0.2) is 0 Å². The summed E-state index contributed by atoms with van der Waals surface area (Å²) in [5, 5.41) is 13.2. The highest BCUT2D eigenvalue weighted by atomic mass is 16.5. The van der Waals surface area contributed by atoms with Gasteiger partial charge < -0.3 is 20.1 Å². The van der Waals surface area contributed by atoms with Crippen molar-refractivity contribution >= 4 is 17.5 Å². The Morgan fingerprint density at radius 3 is 2.64 bits per heavy atom. The van der Waals surface area contributed by atoms with E-state index in [1.54, 1.807) is 49.1 Å². The summed E-state index contributed by atoms with van der Waals surface area (Å²) in [6.45, 7) is 7.89. The molecule has 1 aliphatic rings. The molecule has 0 saturated carbocycles. The molecule has 1 atom stereocenters. The average molecular weight is 382 g/mol. The summed E-state index contributed by atoms with van der Waals surface area (Å²) in [6.07, 6.45) is 0. The number of rotatable bonds is 6. The Morgan fingerprint density at radius 1 is 1.25 bits per heavy atom. The molecule has 148 valence electrons. The number of anilines is 1. The second kappa shape index (κ2) is 7.64. The fourth-order valence-electron chi connectivity index (χ4n) is 3.31. The average Bonchev–Trinajstić information content (AvgIpc) is 2.98. The third-order valence-electron chi connectivity index (χ3n) is 5.14. The summed E-state index contributed by atoms with van der Waals surface area (Å²) in [6, 6.07) is 12.0. The highest BCUT2D eigenvalue weighted by molar-refractivity contribution is 6.11. The van der Waals surface area contributed by atoms with Crippen LogP contribution >= 0.6 is 0 Å². The predicted octanol–water partition coefficient (Wildman–Crippen LogP) is 3.45. The zero-order valence-electron chi connectivity index (χ0n) is 16.7. The van der Waals surface area contributed by atoms with E-state index in [-0.39, 0.29) is 17.9 Å². The van der Waals surface area contributed by atoms with E-state index in [0.717, 1.165) is 5.56 Å². The number of aliphatic hydroxyl groups is 1. The molecule has 0 spiro atoms. The van der Waals surface area contributed by atoms with E-state index < -0.39 is 5.60 Å². The molecule has 2 N–H and O–H groups in total. The summed E-state index contributed by atoms with van der Waals surface area (Å²) in [4.78, 5) is 27.5. The summed E-state index contributed by atoms with van der Waals surface area (Å²) >= 11 is 0. The molecular weight excluding hydrogens is 356 g/mol. The van der Waals surface area contributed by atoms with Crippen LogP contribution < -0.4 is 10.1 Å². The van der Waals surface area contributed by atoms with E-state index in [2.05, 4.69) is 5.32 Å². The van der Waals surface area contributed by atoms with Gasteiger partial charge >= 0.3 is 0 Å². The fraction of sp³-hybridized carbons (Fsp3) is 0.364. The number of fused-ring (bicyclic) bond motifs is 1. The maximum Gasteiger partial charge on any atom is 0.259 e. The number of hydrogen-bond donors (Lipinski definition) is 2. The van der Waals surface area contributed by atoms with Crippen LogP contribution in [0.5, 0.6) is 5.75 Å². The van der Waals surface area contributed by atoms with Crippen LogP contribution in [-0.4, -0.2) is 40.1 Å². The Balaban J connectivity index is 1.89. The molecule has 0 radical (unpaired) electrons. The van der Waals surface area contributed by atoms with Gasteiger partial charge in [-0.1, -0.05) is 24.3 Å². The number of ether oxygens (including phenoxy) is 1. The standard InChI is InChI=1S/C22H26N2O4/c1-5-28-18-12-7-6-10-16(18)20(25)23-17-11-8-9-15-13-24(21(26)19(15)17)14(2)22(3,4)27/h6-12,14,27H,5,13H2,1-4H3,(H,23,25)/t14-/m1/s1. The van der Waals surface area contributed by atoms with Crippen molar-refractivity contribution in [3.63, 3.8) is 0 Å². The maximum absolute atomic E-state index is 13.0. The topological polar surface area (TPSA) is 78.9 Å². The van der Waals surface area contributed by atoms with Gasteiger partial charge in [0.1, 0.15) is 5.75 Å². The summed E-state index contributed by atoms with van der Waals surface area (Å²) < 4.78 is 5.53. The molecule has 2 aromatic carbocycles. The molecular formula is C22H26N2O4. The van der Waals surface area contributed by atoms with Gasteiger partial charge in [-0.05, 0) is 51.5 Å². The van der Waals surface area contributed by atoms with Gasteiger partial charge in [0.25, 0.3) is 11.8 Å². The van der Waals surface area contributed by atoms with E-state index >= 15 is 0 Å². The van der Waals surface area contributed by atoms with Gasteiger partial charge in [-0.25, -0.2) is 0 Å². The number of nitrogens with zero attached hydrogens (tertiary/aromatic N) is 1. The van der Waals surface area contributed by atoms with Crippen LogP contribution in [0.15, 0.2) is 42.5 Å². The molecule has 0 fully saturated rings. The molecule has 0 bridgehead atoms. The molecule has 0 aliphatic carbocycles. The van der Waals surface area contributed by atoms with Crippen molar-refractivity contribution in [2.75, 3.05) is 11.9 Å². The van der Waals surface area contributed by atoms with E-state index in [1.807, 2.05) is 26.0 Å². The van der Waals surface area contributed by atoms with Gasteiger partial charge in [0.2, 0.25) is 0 Å². The van der Waals surface area contributed by atoms with Crippen LogP contribution in [0.3, 0.4) is 0 Å². The fourth-order valence-corrected chi connectivity index (χ4v) is 3.31. The first-order chi connectivity index (χ1) is 13.2. The Bertz CT molecular complexity index is 902. The maximum atomic E-state index is 13.0. The lowest BCUT2D eigenvalue weighted by molar-refractivity contribution is -0.00644. The van der Waals surface area contributed by atoms with E-state index in [1.165, 1.54) is 0 Å². The first kappa shape index (κ1) is 19.9. The zero-order chi connectivity index (χ0) is 20.5. The van der Waals surface area contributed by atoms with E-state index in [0.29, 0.717) is 35.7 Å². The van der Waals surface area contributed by atoms with Crippen LogP contribution in [0.4, 0.5) is 5.69 Å². The Hall–Kier alpha value is -2.86. The van der Waals surface area contributed by atoms with Crippen molar-refractivity contribution in [1.29, 1.82) is 0 Å². The lowest BCUT2D eigenvalue weighted by Gasteiger charge is -2.33. The Kier molecular flexibility index (Phi) is 5.42. The van der Waals surface area contributed by atoms with Gasteiger partial charge in [-0.3, -0.25) is 9.59 Å². The third kappa shape index (κ3) is 3.73. The molecule has 0 unspecified atom stereocenters. The predicted molar refractivity (Wildman–Crippen MR) is 108 cm³/mol. The lowest BCUT2D eigenvalue weighted by Crippen LogP contribution is -2.47. The molecule has 2 aromatic rings. The van der Waals surface area contributed by atoms with Crippen molar-refractivity contribution < 1.29 is 19.4 Å². The first-order valence-electron chi connectivity index (χ1n) is 9.42. The minimum absolute atomic E-state index is 0.196. The quantitative estimate of drug-likeness (QED) is 0.802. The van der Waals surface area contributed by atoms with Gasteiger partial charge in [-0.2, -0.15) is 0 Å². The number of carbonyl (C=O) groups excluding carboxylic acids is 2. The molecule has 28 heavy (non-hydrogen) atoms. The summed E-state index contributed by atoms with van der Waals surface area (Å²) in [5.74, 6) is -0.0310. The summed E-state index contributed by atoms with van der Waals surface area (Å²) in [5.41, 5.74) is 1.15. The van der Waals surface area contributed by atoms with Crippen LogP contribution in [0.1, 0.15) is 54.0 Å². The first-order valence-corrected chi connectivity index (χ1v) is 9.42. The Labute approximate surface area is 165 Å². The van der Waals surface area contributed by atoms with E-state index in [4.69, 9.17) is 4.74 Å². The van der Waals surface area contributed by atoms with Crippen molar-refractivity contribution in [3.05, 3.63) is 59.2 Å². The van der Waals surface area contributed by atoms with E-state index in [9.17, 15) is 14.7 Å². The van der Waals surface area contributed by atoms with Gasteiger partial charge in [-0.15, -0.1) is 0 Å². The highest BCUT2D eigenvalue weighted by Gasteiger charge is 2.38. The van der Waals surface area contributed by atoms with Gasteiger partial charge in [0, 0.05) is 6.54 Å². The van der Waals surface area contributed by atoms with Crippen LogP contribution in [0.2, 0.25) is 0 Å². The Morgan fingerprint density at radius 2 is 1.96 bits per heavy atom. The molecule has 1 heterocycles. The molecule has 1 aliphatic heterocycles. The van der Waals surface area contributed by atoms with Crippen molar-refractivity contribution in [2.45, 2.75) is 45.9 Å². The molecule has 6 heteroatoms. The highest BCUT2D eigenvalue weighted by Crippen LogP contribution is 2.33. The van der Waals surface area contributed by atoms with Crippen LogP contribution in [0, 0.1) is 0 Å². The minimum Gasteiger partial charge on any atom is -0.493 e. The van der Waals surface area contributed by atoms with Crippen LogP contribution in [-0.2, 0) is 6.54 Å². The normalized spacial score (nSPS) is 14.6. The number of amides is 2. The molecule has 6 nitrogen and oxygen atoms in total. The van der Waals surface area contributed by atoms with Crippen molar-refractivity contribution in [1.82, 2.24) is 4.90 Å². The molecule has 3 rings (SSSR count). The smallest absolute Gasteiger partial charge is 0.259 e. The second-order valence-corrected chi connectivity index (χ2v) is 7.49. The molecule has 2 amide bonds. The van der Waals surface area contributed by atoms with Crippen molar-refractivity contribution in [3.8, 4) is 5.75 Å². The van der Waals surface area contributed by atoms with Crippen molar-refractivity contribution in [2.24, 2.45) is 0 Å². The number of benzene rings is 2. The van der Waals surface area contributed by atoms with Gasteiger partial charge in [0.05, 0.1) is 35.1 Å². The number of nitrogens with one attached hydrogen (secondary N) is 1.